The van der Waals surface area contributed by atoms with E-state index >= 15 is 0 Å². The van der Waals surface area contributed by atoms with Gasteiger partial charge >= 0.3 is 5.97 Å². The van der Waals surface area contributed by atoms with Crippen LogP contribution in [0.4, 0.5) is 11.4 Å². The van der Waals surface area contributed by atoms with Crippen molar-refractivity contribution in [1.29, 1.82) is 0 Å². The molecule has 0 fully saturated rings. The van der Waals surface area contributed by atoms with Crippen LogP contribution in [0.15, 0.2) is 18.2 Å². The van der Waals surface area contributed by atoms with Gasteiger partial charge in [0.15, 0.2) is 6.61 Å². The number of benzene rings is 1. The van der Waals surface area contributed by atoms with Gasteiger partial charge in [0.1, 0.15) is 11.8 Å². The first-order valence-electron chi connectivity index (χ1n) is 5.91. The number of carbonyl (C=O) groups is 2. The molecule has 1 amide bonds. The van der Waals surface area contributed by atoms with E-state index in [-0.39, 0.29) is 30.2 Å². The number of nitro benzene ring substituents is 1. The Morgan fingerprint density at radius 1 is 1.60 bits per heavy atom. The number of aliphatic carboxylic acids is 1. The largest absolute Gasteiger partial charge is 0.482 e. The molecule has 0 aromatic heterocycles. The van der Waals surface area contributed by atoms with E-state index in [2.05, 4.69) is 0 Å². The summed E-state index contributed by atoms with van der Waals surface area (Å²) in [7, 11) is 0. The quantitative estimate of drug-likeness (QED) is 0.655. The summed E-state index contributed by atoms with van der Waals surface area (Å²) in [5.74, 6) is -1.44. The van der Waals surface area contributed by atoms with Crippen LogP contribution in [0.1, 0.15) is 13.3 Å². The number of amides is 1. The Bertz CT molecular complexity index is 585. The molecule has 1 N–H and O–H groups in total. The number of carbonyl (C=O) groups excluding carboxylic acids is 1. The average molecular weight is 280 g/mol. The van der Waals surface area contributed by atoms with Gasteiger partial charge < -0.3 is 9.84 Å². The second kappa shape index (κ2) is 5.16. The van der Waals surface area contributed by atoms with Gasteiger partial charge in [-0.1, -0.05) is 6.92 Å². The fraction of sp³-hybridized carbons (Fsp3) is 0.333. The number of hydrogen-bond donors (Lipinski definition) is 1. The molecule has 0 aliphatic carbocycles. The number of carboxylic acid groups (broad SMARTS) is 1. The highest BCUT2D eigenvalue weighted by Crippen LogP contribution is 2.36. The lowest BCUT2D eigenvalue weighted by molar-refractivity contribution is -0.384. The minimum Gasteiger partial charge on any atom is -0.482 e. The van der Waals surface area contributed by atoms with Gasteiger partial charge in [0.2, 0.25) is 0 Å². The first-order chi connectivity index (χ1) is 9.45. The molecular weight excluding hydrogens is 268 g/mol. The van der Waals surface area contributed by atoms with Gasteiger partial charge in [-0.3, -0.25) is 19.8 Å². The van der Waals surface area contributed by atoms with Crippen LogP contribution in [0, 0.1) is 10.1 Å². The van der Waals surface area contributed by atoms with Crippen molar-refractivity contribution in [3.63, 3.8) is 0 Å². The van der Waals surface area contributed by atoms with Crippen molar-refractivity contribution in [1.82, 2.24) is 0 Å². The Balaban J connectivity index is 2.54. The van der Waals surface area contributed by atoms with Crippen molar-refractivity contribution in [3.8, 4) is 5.75 Å². The molecule has 1 aliphatic rings. The number of carboxylic acids is 1. The monoisotopic (exact) mass is 280 g/mol. The summed E-state index contributed by atoms with van der Waals surface area (Å²) in [6.45, 7) is 1.34. The van der Waals surface area contributed by atoms with E-state index in [0.29, 0.717) is 0 Å². The molecule has 1 aliphatic heterocycles. The van der Waals surface area contributed by atoms with E-state index in [0.717, 1.165) is 11.0 Å². The Hall–Kier alpha value is -2.64. The predicted molar refractivity (Wildman–Crippen MR) is 67.8 cm³/mol. The Morgan fingerprint density at radius 2 is 2.30 bits per heavy atom. The fourth-order valence-corrected chi connectivity index (χ4v) is 2.08. The number of rotatable bonds is 4. The summed E-state index contributed by atoms with van der Waals surface area (Å²) >= 11 is 0. The first kappa shape index (κ1) is 13.8. The summed E-state index contributed by atoms with van der Waals surface area (Å²) < 4.78 is 5.17. The Labute approximate surface area is 113 Å². The third kappa shape index (κ3) is 2.27. The minimum atomic E-state index is -1.17. The highest BCUT2D eigenvalue weighted by Gasteiger charge is 2.35. The summed E-state index contributed by atoms with van der Waals surface area (Å²) in [5, 5.41) is 20.0. The molecule has 0 saturated heterocycles. The van der Waals surface area contributed by atoms with Gasteiger partial charge in [0.05, 0.1) is 10.6 Å². The number of hydrogen-bond acceptors (Lipinski definition) is 5. The lowest BCUT2D eigenvalue weighted by Gasteiger charge is -2.33. The zero-order valence-corrected chi connectivity index (χ0v) is 10.6. The highest BCUT2D eigenvalue weighted by molar-refractivity contribution is 6.02. The van der Waals surface area contributed by atoms with E-state index < -0.39 is 22.8 Å². The smallest absolute Gasteiger partial charge is 0.326 e. The Kier molecular flexibility index (Phi) is 3.55. The number of non-ortho nitro benzene ring substituents is 1. The topological polar surface area (TPSA) is 110 Å². The van der Waals surface area contributed by atoms with Crippen LogP contribution >= 0.6 is 0 Å². The van der Waals surface area contributed by atoms with Gasteiger partial charge in [0.25, 0.3) is 11.6 Å². The SMILES string of the molecule is CCC(C(=O)O)N1C(=O)COc2ccc([N+](=O)[O-])cc21. The lowest BCUT2D eigenvalue weighted by atomic mass is 10.1. The molecule has 0 radical (unpaired) electrons. The third-order valence-corrected chi connectivity index (χ3v) is 3.02. The number of ether oxygens (including phenoxy) is 1. The van der Waals surface area contributed by atoms with Crippen molar-refractivity contribution in [3.05, 3.63) is 28.3 Å². The van der Waals surface area contributed by atoms with Gasteiger partial charge in [-0.05, 0) is 12.5 Å². The van der Waals surface area contributed by atoms with Crippen LogP contribution < -0.4 is 9.64 Å². The summed E-state index contributed by atoms with van der Waals surface area (Å²) in [6.07, 6.45) is 0.184. The van der Waals surface area contributed by atoms with E-state index in [9.17, 15) is 24.8 Å². The zero-order valence-electron chi connectivity index (χ0n) is 10.6. The van der Waals surface area contributed by atoms with Crippen LogP contribution in [-0.4, -0.2) is 34.6 Å². The lowest BCUT2D eigenvalue weighted by Crippen LogP contribution is -2.49. The van der Waals surface area contributed by atoms with Crippen molar-refractivity contribution in [2.45, 2.75) is 19.4 Å². The predicted octanol–water partition coefficient (Wildman–Crippen LogP) is 1.18. The molecule has 1 atom stereocenters. The molecule has 0 spiro atoms. The van der Waals surface area contributed by atoms with Gasteiger partial charge in [0, 0.05) is 12.1 Å². The number of fused-ring (bicyclic) bond motifs is 1. The van der Waals surface area contributed by atoms with Crippen molar-refractivity contribution < 1.29 is 24.4 Å². The third-order valence-electron chi connectivity index (χ3n) is 3.02. The normalized spacial score (nSPS) is 15.2. The molecule has 8 heteroatoms. The maximum atomic E-state index is 11.9. The molecule has 1 heterocycles. The molecule has 2 rings (SSSR count). The maximum Gasteiger partial charge on any atom is 0.326 e. The van der Waals surface area contributed by atoms with Crippen LogP contribution in [0.5, 0.6) is 5.75 Å². The van der Waals surface area contributed by atoms with Crippen LogP contribution in [0.25, 0.3) is 0 Å². The van der Waals surface area contributed by atoms with Gasteiger partial charge in [-0.15, -0.1) is 0 Å². The molecule has 1 aromatic carbocycles. The summed E-state index contributed by atoms with van der Waals surface area (Å²) in [6, 6.07) is 2.68. The molecule has 0 saturated carbocycles. The van der Waals surface area contributed by atoms with Crippen LogP contribution in [0.2, 0.25) is 0 Å². The van der Waals surface area contributed by atoms with Crippen molar-refractivity contribution in [2.24, 2.45) is 0 Å². The van der Waals surface area contributed by atoms with Crippen molar-refractivity contribution in [2.75, 3.05) is 11.5 Å². The van der Waals surface area contributed by atoms with Gasteiger partial charge in [-0.2, -0.15) is 0 Å². The zero-order chi connectivity index (χ0) is 14.9. The fourth-order valence-electron chi connectivity index (χ4n) is 2.08. The van der Waals surface area contributed by atoms with Crippen LogP contribution in [-0.2, 0) is 9.59 Å². The minimum absolute atomic E-state index is 0.115. The molecule has 106 valence electrons. The number of nitrogens with zero attached hydrogens (tertiary/aromatic N) is 2. The standard InChI is InChI=1S/C12H12N2O6/c1-2-8(12(16)17)13-9-5-7(14(18)19)3-4-10(9)20-6-11(13)15/h3-5,8H,2,6H2,1H3,(H,16,17). The molecular formula is C12H12N2O6. The summed E-state index contributed by atoms with van der Waals surface area (Å²) in [5.41, 5.74) is -0.114. The summed E-state index contributed by atoms with van der Waals surface area (Å²) in [4.78, 5) is 34.4. The average Bonchev–Trinajstić information content (AvgIpc) is 2.41. The molecule has 1 aromatic rings. The molecule has 0 bridgehead atoms. The van der Waals surface area contributed by atoms with E-state index in [1.807, 2.05) is 0 Å². The second-order valence-electron chi connectivity index (χ2n) is 4.22. The van der Waals surface area contributed by atoms with E-state index in [1.165, 1.54) is 12.1 Å². The number of anilines is 1. The van der Waals surface area contributed by atoms with E-state index in [4.69, 9.17) is 4.74 Å². The van der Waals surface area contributed by atoms with Crippen molar-refractivity contribution >= 4 is 23.3 Å². The van der Waals surface area contributed by atoms with E-state index in [1.54, 1.807) is 6.92 Å². The first-order valence-corrected chi connectivity index (χ1v) is 5.91. The molecule has 20 heavy (non-hydrogen) atoms. The van der Waals surface area contributed by atoms with Crippen LogP contribution in [0.3, 0.4) is 0 Å². The molecule has 1 unspecified atom stereocenters. The number of nitro groups is 1. The second-order valence-corrected chi connectivity index (χ2v) is 4.22. The highest BCUT2D eigenvalue weighted by atomic mass is 16.6. The maximum absolute atomic E-state index is 11.9. The Morgan fingerprint density at radius 3 is 2.85 bits per heavy atom. The van der Waals surface area contributed by atoms with Gasteiger partial charge in [-0.25, -0.2) is 4.79 Å². The molecule has 8 nitrogen and oxygen atoms in total.